The smallest absolute Gasteiger partial charge is 0.395 e. The summed E-state index contributed by atoms with van der Waals surface area (Å²) in [6.45, 7) is -0.203. The topological polar surface area (TPSA) is 138 Å². The molecule has 5 amide bonds. The fourth-order valence-electron chi connectivity index (χ4n) is 5.39. The number of aromatic nitrogens is 1. The second-order valence-electron chi connectivity index (χ2n) is 11.4. The third-order valence-corrected chi connectivity index (χ3v) is 7.45. The Balaban J connectivity index is 1.62. The van der Waals surface area contributed by atoms with Gasteiger partial charge >= 0.3 is 12.2 Å². The van der Waals surface area contributed by atoms with Gasteiger partial charge in [0.1, 0.15) is 29.8 Å². The number of nitrogens with one attached hydrogen (secondary N) is 1. The highest BCUT2D eigenvalue weighted by molar-refractivity contribution is 6.08. The highest BCUT2D eigenvalue weighted by Crippen LogP contribution is 2.36. The second kappa shape index (κ2) is 13.8. The number of fused-ring (bicyclic) bond motifs is 1. The Labute approximate surface area is 261 Å². The van der Waals surface area contributed by atoms with Gasteiger partial charge in [0.05, 0.1) is 25.5 Å². The molecule has 2 aliphatic rings. The van der Waals surface area contributed by atoms with Crippen molar-refractivity contribution in [2.24, 2.45) is 11.7 Å². The van der Waals surface area contributed by atoms with E-state index in [-0.39, 0.29) is 47.3 Å². The number of benzene rings is 1. The van der Waals surface area contributed by atoms with Gasteiger partial charge in [0.25, 0.3) is 11.8 Å². The van der Waals surface area contributed by atoms with Gasteiger partial charge < -0.3 is 25.6 Å². The van der Waals surface area contributed by atoms with Gasteiger partial charge in [-0.3, -0.25) is 24.3 Å². The lowest BCUT2D eigenvalue weighted by molar-refractivity contribution is -0.157. The van der Waals surface area contributed by atoms with Crippen molar-refractivity contribution in [1.82, 2.24) is 25.0 Å². The number of urea groups is 1. The molecule has 3 N–H and O–H groups in total. The number of carbonyl (C=O) groups is 4. The van der Waals surface area contributed by atoms with Crippen molar-refractivity contribution in [2.75, 3.05) is 32.8 Å². The minimum atomic E-state index is -4.87. The van der Waals surface area contributed by atoms with Crippen LogP contribution in [0.4, 0.5) is 26.7 Å². The Morgan fingerprint density at radius 1 is 1.15 bits per heavy atom. The van der Waals surface area contributed by atoms with Crippen LogP contribution in [0.1, 0.15) is 25.1 Å². The molecule has 16 heteroatoms. The van der Waals surface area contributed by atoms with Crippen molar-refractivity contribution in [3.05, 3.63) is 77.3 Å². The van der Waals surface area contributed by atoms with E-state index >= 15 is 0 Å². The predicted molar refractivity (Wildman–Crippen MR) is 152 cm³/mol. The van der Waals surface area contributed by atoms with Crippen LogP contribution in [-0.4, -0.2) is 94.0 Å². The number of allylic oxidation sites excluding steroid dienone is 1. The Kier molecular flexibility index (Phi) is 10.3. The van der Waals surface area contributed by atoms with Crippen LogP contribution in [0.2, 0.25) is 0 Å². The molecule has 0 spiro atoms. The molecule has 0 bridgehead atoms. The first kappa shape index (κ1) is 34.3. The Bertz CT molecular complexity index is 1500. The van der Waals surface area contributed by atoms with Gasteiger partial charge in [0.15, 0.2) is 0 Å². The molecule has 1 aromatic carbocycles. The number of pyridine rings is 1. The number of nitrogens with two attached hydrogens (primary N) is 1. The van der Waals surface area contributed by atoms with Gasteiger partial charge in [-0.25, -0.2) is 13.6 Å². The quantitative estimate of drug-likeness (QED) is 0.216. The summed E-state index contributed by atoms with van der Waals surface area (Å²) in [6.07, 6.45) is -2.30. The van der Waals surface area contributed by atoms with E-state index in [9.17, 15) is 41.1 Å². The van der Waals surface area contributed by atoms with Crippen molar-refractivity contribution >= 4 is 23.8 Å². The Morgan fingerprint density at radius 3 is 2.52 bits per heavy atom. The van der Waals surface area contributed by atoms with E-state index < -0.39 is 79.4 Å². The normalized spacial score (nSPS) is 19.5. The Hall–Kier alpha value is -4.60. The zero-order chi connectivity index (χ0) is 33.8. The second-order valence-corrected chi connectivity index (χ2v) is 11.4. The van der Waals surface area contributed by atoms with Crippen LogP contribution in [0, 0.1) is 17.6 Å². The average Bonchev–Trinajstić information content (AvgIpc) is 3.17. The molecule has 0 saturated carbocycles. The van der Waals surface area contributed by atoms with Crippen LogP contribution in [0.25, 0.3) is 0 Å². The number of piperazine rings is 1. The maximum absolute atomic E-state index is 14.2. The van der Waals surface area contributed by atoms with E-state index in [1.165, 1.54) is 18.3 Å². The number of alkyl halides is 3. The maximum Gasteiger partial charge on any atom is 0.406 e. The number of imide groups is 1. The number of carbonyl (C=O) groups excluding carboxylic acids is 4. The van der Waals surface area contributed by atoms with Gasteiger partial charge in [0.2, 0.25) is 5.91 Å². The van der Waals surface area contributed by atoms with Crippen molar-refractivity contribution in [3.63, 3.8) is 0 Å². The fraction of sp³-hybridized carbons (Fsp3) is 0.433. The first-order valence-corrected chi connectivity index (χ1v) is 14.3. The molecule has 3 heterocycles. The van der Waals surface area contributed by atoms with E-state index in [4.69, 9.17) is 10.5 Å². The zero-order valence-electron chi connectivity index (χ0n) is 25.0. The summed E-state index contributed by atoms with van der Waals surface area (Å²) in [5.74, 6) is -4.58. The van der Waals surface area contributed by atoms with Crippen LogP contribution >= 0.6 is 0 Å². The van der Waals surface area contributed by atoms with Crippen molar-refractivity contribution in [2.45, 2.75) is 44.6 Å². The number of halogens is 5. The minimum absolute atomic E-state index is 0.0270. The van der Waals surface area contributed by atoms with Crippen molar-refractivity contribution in [1.29, 1.82) is 0 Å². The molecule has 2 unspecified atom stereocenters. The lowest BCUT2D eigenvalue weighted by atomic mass is 9.88. The van der Waals surface area contributed by atoms with Crippen molar-refractivity contribution in [3.8, 4) is 0 Å². The molecule has 2 fully saturated rings. The first-order chi connectivity index (χ1) is 21.6. The molecular weight excluding hydrogens is 619 g/mol. The summed E-state index contributed by atoms with van der Waals surface area (Å²) in [7, 11) is 0. The maximum atomic E-state index is 14.2. The molecule has 1 aromatic heterocycles. The average molecular weight is 653 g/mol. The van der Waals surface area contributed by atoms with Crippen LogP contribution < -0.4 is 11.1 Å². The van der Waals surface area contributed by atoms with E-state index in [0.717, 1.165) is 21.9 Å². The molecule has 2 aliphatic heterocycles. The van der Waals surface area contributed by atoms with E-state index in [2.05, 4.69) is 10.3 Å². The molecule has 2 aromatic rings. The lowest BCUT2D eigenvalue weighted by Crippen LogP contribution is -2.67. The number of amides is 5. The van der Waals surface area contributed by atoms with E-state index in [1.54, 1.807) is 26.0 Å². The molecular formula is C30H33F5N6O5. The SMILES string of the molecule is CC(C)C=C(N)C(=O)NC(COCc1ccc(F)cc1F)C(=O)N1CCN2C(=O)N(CC(F)(F)F)C(=O)C2(Cc2ccccn2)C1. The summed E-state index contributed by atoms with van der Waals surface area (Å²) in [5.41, 5.74) is 4.02. The zero-order valence-corrected chi connectivity index (χ0v) is 25.0. The standard InChI is InChI=1S/C30H33F5N6O5/c1-18(2)11-23(36)25(42)38-24(15-46-14-19-6-7-20(31)12-22(19)32)26(43)39-9-10-41-28(45)40(17-30(33,34)35)27(44)29(41,16-39)13-21-5-3-4-8-37-21/h3-8,11-12,18,24H,9-10,13-17,36H2,1-2H3,(H,38,42). The molecule has 0 aliphatic carbocycles. The highest BCUT2D eigenvalue weighted by atomic mass is 19.4. The molecule has 46 heavy (non-hydrogen) atoms. The van der Waals surface area contributed by atoms with Crippen LogP contribution in [0.15, 0.2) is 54.4 Å². The van der Waals surface area contributed by atoms with E-state index in [1.807, 2.05) is 0 Å². The van der Waals surface area contributed by atoms with Gasteiger partial charge in [-0.15, -0.1) is 0 Å². The first-order valence-electron chi connectivity index (χ1n) is 14.3. The minimum Gasteiger partial charge on any atom is -0.395 e. The van der Waals surface area contributed by atoms with Gasteiger partial charge in [-0.1, -0.05) is 32.1 Å². The summed E-state index contributed by atoms with van der Waals surface area (Å²) in [4.78, 5) is 60.1. The number of ether oxygens (including phenoxy) is 1. The highest BCUT2D eigenvalue weighted by Gasteiger charge is 2.61. The summed E-state index contributed by atoms with van der Waals surface area (Å²) < 4.78 is 73.2. The van der Waals surface area contributed by atoms with Gasteiger partial charge in [0, 0.05) is 43.0 Å². The largest absolute Gasteiger partial charge is 0.406 e. The number of rotatable bonds is 11. The molecule has 0 radical (unpaired) electrons. The third kappa shape index (κ3) is 7.78. The van der Waals surface area contributed by atoms with Crippen molar-refractivity contribution < 1.29 is 45.9 Å². The monoisotopic (exact) mass is 652 g/mol. The molecule has 248 valence electrons. The Morgan fingerprint density at radius 2 is 1.89 bits per heavy atom. The predicted octanol–water partition coefficient (Wildman–Crippen LogP) is 2.51. The van der Waals surface area contributed by atoms with Crippen LogP contribution in [-0.2, 0) is 32.1 Å². The molecule has 11 nitrogen and oxygen atoms in total. The molecule has 4 rings (SSSR count). The van der Waals surface area contributed by atoms with Crippen LogP contribution in [0.5, 0.6) is 0 Å². The van der Waals surface area contributed by atoms with Gasteiger partial charge in [-0.2, -0.15) is 13.2 Å². The summed E-state index contributed by atoms with van der Waals surface area (Å²) in [5, 5.41) is 2.47. The van der Waals surface area contributed by atoms with Gasteiger partial charge in [-0.05, 0) is 24.1 Å². The summed E-state index contributed by atoms with van der Waals surface area (Å²) >= 11 is 0. The molecule has 2 saturated heterocycles. The van der Waals surface area contributed by atoms with Crippen LogP contribution in [0.3, 0.4) is 0 Å². The third-order valence-electron chi connectivity index (χ3n) is 7.45. The number of hydrogen-bond acceptors (Lipinski definition) is 7. The number of nitrogens with zero attached hydrogens (tertiary/aromatic N) is 4. The molecule has 2 atom stereocenters. The number of hydrogen-bond donors (Lipinski definition) is 2. The lowest BCUT2D eigenvalue weighted by Gasteiger charge is -2.45. The fourth-order valence-corrected chi connectivity index (χ4v) is 5.39. The van der Waals surface area contributed by atoms with E-state index in [0.29, 0.717) is 6.07 Å². The summed E-state index contributed by atoms with van der Waals surface area (Å²) in [6, 6.07) is 4.96.